The minimum Gasteiger partial charge on any atom is -0.381 e. The van der Waals surface area contributed by atoms with Crippen LogP contribution in [-0.2, 0) is 10.2 Å². The Morgan fingerprint density at radius 3 is 2.42 bits per heavy atom. The molecule has 0 spiro atoms. The van der Waals surface area contributed by atoms with Crippen LogP contribution in [0.25, 0.3) is 0 Å². The molecule has 1 aliphatic rings. The van der Waals surface area contributed by atoms with Crippen LogP contribution >= 0.6 is 0 Å². The Kier molecular flexibility index (Phi) is 5.41. The van der Waals surface area contributed by atoms with E-state index in [2.05, 4.69) is 49.5 Å². The van der Waals surface area contributed by atoms with Crippen molar-refractivity contribution in [2.75, 3.05) is 19.8 Å². The van der Waals surface area contributed by atoms with Gasteiger partial charge in [0, 0.05) is 24.7 Å². The number of rotatable bonds is 6. The van der Waals surface area contributed by atoms with E-state index in [1.807, 2.05) is 0 Å². The molecule has 1 aromatic rings. The Morgan fingerprint density at radius 2 is 1.84 bits per heavy atom. The first kappa shape index (κ1) is 14.5. The lowest BCUT2D eigenvalue weighted by molar-refractivity contribution is 0.0337. The van der Waals surface area contributed by atoms with Crippen molar-refractivity contribution in [1.82, 2.24) is 5.32 Å². The predicted molar refractivity (Wildman–Crippen MR) is 80.5 cm³/mol. The zero-order valence-corrected chi connectivity index (χ0v) is 12.3. The Bertz CT molecular complexity index is 357. The van der Waals surface area contributed by atoms with Crippen molar-refractivity contribution in [3.8, 4) is 0 Å². The highest BCUT2D eigenvalue weighted by molar-refractivity contribution is 5.28. The largest absolute Gasteiger partial charge is 0.381 e. The van der Waals surface area contributed by atoms with Crippen LogP contribution in [0.1, 0.15) is 45.1 Å². The fourth-order valence-corrected chi connectivity index (χ4v) is 3.39. The van der Waals surface area contributed by atoms with E-state index in [1.54, 1.807) is 0 Å². The van der Waals surface area contributed by atoms with Gasteiger partial charge in [-0.05, 0) is 37.8 Å². The Labute approximate surface area is 117 Å². The molecule has 2 rings (SSSR count). The van der Waals surface area contributed by atoms with Gasteiger partial charge in [0.2, 0.25) is 0 Å². The number of hydrogen-bond acceptors (Lipinski definition) is 2. The SMILES string of the molecule is CCCNC(CC)C1(c2ccccc2)CCOCC1. The summed E-state index contributed by atoms with van der Waals surface area (Å²) in [4.78, 5) is 0. The van der Waals surface area contributed by atoms with Crippen LogP contribution in [0.4, 0.5) is 0 Å². The van der Waals surface area contributed by atoms with Gasteiger partial charge < -0.3 is 10.1 Å². The topological polar surface area (TPSA) is 21.3 Å². The maximum atomic E-state index is 5.62. The molecular weight excluding hydrogens is 234 g/mol. The van der Waals surface area contributed by atoms with Crippen LogP contribution in [0.3, 0.4) is 0 Å². The maximum absolute atomic E-state index is 5.62. The second-order valence-electron chi connectivity index (χ2n) is 5.55. The molecular formula is C17H27NO. The van der Waals surface area contributed by atoms with E-state index in [1.165, 1.54) is 18.4 Å². The smallest absolute Gasteiger partial charge is 0.0475 e. The predicted octanol–water partition coefficient (Wildman–Crippen LogP) is 3.51. The second kappa shape index (κ2) is 7.06. The van der Waals surface area contributed by atoms with E-state index in [9.17, 15) is 0 Å². The fraction of sp³-hybridized carbons (Fsp3) is 0.647. The first-order chi connectivity index (χ1) is 9.33. The van der Waals surface area contributed by atoms with Gasteiger partial charge in [0.05, 0.1) is 0 Å². The Morgan fingerprint density at radius 1 is 1.16 bits per heavy atom. The third-order valence-electron chi connectivity index (χ3n) is 4.45. The summed E-state index contributed by atoms with van der Waals surface area (Å²) in [6.45, 7) is 7.42. The summed E-state index contributed by atoms with van der Waals surface area (Å²) in [6, 6.07) is 11.6. The molecule has 1 saturated heterocycles. The van der Waals surface area contributed by atoms with Gasteiger partial charge in [0.25, 0.3) is 0 Å². The highest BCUT2D eigenvalue weighted by Crippen LogP contribution is 2.39. The van der Waals surface area contributed by atoms with Crippen LogP contribution in [0.5, 0.6) is 0 Å². The van der Waals surface area contributed by atoms with Crippen LogP contribution in [0.2, 0.25) is 0 Å². The number of hydrogen-bond donors (Lipinski definition) is 1. The van der Waals surface area contributed by atoms with Gasteiger partial charge in [-0.1, -0.05) is 44.2 Å². The van der Waals surface area contributed by atoms with Crippen molar-refractivity contribution in [1.29, 1.82) is 0 Å². The average molecular weight is 261 g/mol. The number of ether oxygens (including phenoxy) is 1. The highest BCUT2D eigenvalue weighted by Gasteiger charge is 2.40. The summed E-state index contributed by atoms with van der Waals surface area (Å²) >= 11 is 0. The van der Waals surface area contributed by atoms with Crippen LogP contribution < -0.4 is 5.32 Å². The van der Waals surface area contributed by atoms with Crippen molar-refractivity contribution in [2.24, 2.45) is 0 Å². The third-order valence-corrected chi connectivity index (χ3v) is 4.45. The molecule has 2 heteroatoms. The van der Waals surface area contributed by atoms with Crippen molar-refractivity contribution >= 4 is 0 Å². The lowest BCUT2D eigenvalue weighted by Crippen LogP contribution is -2.51. The molecule has 106 valence electrons. The molecule has 1 N–H and O–H groups in total. The van der Waals surface area contributed by atoms with Crippen LogP contribution in [-0.4, -0.2) is 25.8 Å². The molecule has 1 atom stereocenters. The third kappa shape index (κ3) is 3.18. The van der Waals surface area contributed by atoms with Crippen LogP contribution in [0, 0.1) is 0 Å². The van der Waals surface area contributed by atoms with Gasteiger partial charge in [-0.15, -0.1) is 0 Å². The first-order valence-corrected chi connectivity index (χ1v) is 7.70. The van der Waals surface area contributed by atoms with Crippen molar-refractivity contribution in [3.05, 3.63) is 35.9 Å². The molecule has 0 amide bonds. The van der Waals surface area contributed by atoms with Gasteiger partial charge in [-0.25, -0.2) is 0 Å². The zero-order valence-electron chi connectivity index (χ0n) is 12.3. The second-order valence-corrected chi connectivity index (χ2v) is 5.55. The molecule has 0 bridgehead atoms. The molecule has 0 radical (unpaired) electrons. The first-order valence-electron chi connectivity index (χ1n) is 7.70. The minimum atomic E-state index is 0.253. The van der Waals surface area contributed by atoms with Gasteiger partial charge in [-0.3, -0.25) is 0 Å². The Hall–Kier alpha value is -0.860. The normalized spacial score (nSPS) is 20.1. The standard InChI is InChI=1S/C17H27NO/c1-3-12-18-16(4-2)17(10-13-19-14-11-17)15-8-6-5-7-9-15/h5-9,16,18H,3-4,10-14H2,1-2H3. The highest BCUT2D eigenvalue weighted by atomic mass is 16.5. The summed E-state index contributed by atoms with van der Waals surface area (Å²) in [7, 11) is 0. The summed E-state index contributed by atoms with van der Waals surface area (Å²) in [6.07, 6.45) is 4.63. The van der Waals surface area contributed by atoms with Crippen LogP contribution in [0.15, 0.2) is 30.3 Å². The molecule has 1 unspecified atom stereocenters. The zero-order chi connectivity index (χ0) is 13.6. The molecule has 1 aromatic carbocycles. The van der Waals surface area contributed by atoms with E-state index >= 15 is 0 Å². The van der Waals surface area contributed by atoms with E-state index in [0.29, 0.717) is 6.04 Å². The lowest BCUT2D eigenvalue weighted by Gasteiger charge is -2.44. The van der Waals surface area contributed by atoms with E-state index in [4.69, 9.17) is 4.74 Å². The maximum Gasteiger partial charge on any atom is 0.0475 e. The monoisotopic (exact) mass is 261 g/mol. The van der Waals surface area contributed by atoms with E-state index in [0.717, 1.165) is 32.6 Å². The molecule has 19 heavy (non-hydrogen) atoms. The van der Waals surface area contributed by atoms with Crippen molar-refractivity contribution < 1.29 is 4.74 Å². The fourth-order valence-electron chi connectivity index (χ4n) is 3.39. The summed E-state index contributed by atoms with van der Waals surface area (Å²) < 4.78 is 5.62. The van der Waals surface area contributed by atoms with Gasteiger partial charge in [0.15, 0.2) is 0 Å². The van der Waals surface area contributed by atoms with E-state index < -0.39 is 0 Å². The van der Waals surface area contributed by atoms with Gasteiger partial charge >= 0.3 is 0 Å². The van der Waals surface area contributed by atoms with E-state index in [-0.39, 0.29) is 5.41 Å². The molecule has 1 heterocycles. The summed E-state index contributed by atoms with van der Waals surface area (Å²) in [5, 5.41) is 3.77. The lowest BCUT2D eigenvalue weighted by atomic mass is 9.68. The summed E-state index contributed by atoms with van der Waals surface area (Å²) in [5.41, 5.74) is 1.73. The Balaban J connectivity index is 2.27. The molecule has 1 fully saturated rings. The molecule has 0 saturated carbocycles. The van der Waals surface area contributed by atoms with Crippen molar-refractivity contribution in [3.63, 3.8) is 0 Å². The van der Waals surface area contributed by atoms with Gasteiger partial charge in [0.1, 0.15) is 0 Å². The summed E-state index contributed by atoms with van der Waals surface area (Å²) in [5.74, 6) is 0. The van der Waals surface area contributed by atoms with Crippen molar-refractivity contribution in [2.45, 2.75) is 51.0 Å². The number of nitrogens with one attached hydrogen (secondary N) is 1. The number of benzene rings is 1. The molecule has 1 aliphatic heterocycles. The minimum absolute atomic E-state index is 0.253. The molecule has 0 aliphatic carbocycles. The average Bonchev–Trinajstić information content (AvgIpc) is 2.50. The molecule has 2 nitrogen and oxygen atoms in total. The quantitative estimate of drug-likeness (QED) is 0.846. The molecule has 0 aromatic heterocycles. The van der Waals surface area contributed by atoms with Gasteiger partial charge in [-0.2, -0.15) is 0 Å².